The summed E-state index contributed by atoms with van der Waals surface area (Å²) in [6, 6.07) is 26.0. The van der Waals surface area contributed by atoms with Crippen molar-refractivity contribution in [2.24, 2.45) is 0 Å². The van der Waals surface area contributed by atoms with E-state index in [1.807, 2.05) is 11.3 Å². The fraction of sp³-hybridized carbons (Fsp3) is 0.0476. The Bertz CT molecular complexity index is 1030. The third kappa shape index (κ3) is 2.50. The highest BCUT2D eigenvalue weighted by molar-refractivity contribution is 7.26. The molecule has 0 saturated heterocycles. The maximum atomic E-state index is 3.65. The van der Waals surface area contributed by atoms with Crippen LogP contribution in [0.15, 0.2) is 72.8 Å². The van der Waals surface area contributed by atoms with E-state index in [-0.39, 0.29) is 6.98 Å². The van der Waals surface area contributed by atoms with Gasteiger partial charge >= 0.3 is 6.98 Å². The van der Waals surface area contributed by atoms with Gasteiger partial charge in [0.2, 0.25) is 0 Å². The maximum absolute atomic E-state index is 3.65. The molecular weight excluding hydrogens is 323 g/mol. The molecule has 2 heterocycles. The van der Waals surface area contributed by atoms with Crippen molar-refractivity contribution < 1.29 is 0 Å². The van der Waals surface area contributed by atoms with Crippen LogP contribution >= 0.6 is 11.3 Å². The van der Waals surface area contributed by atoms with Crippen molar-refractivity contribution >= 4 is 45.2 Å². The van der Waals surface area contributed by atoms with E-state index in [0.29, 0.717) is 0 Å². The zero-order valence-electron chi connectivity index (χ0n) is 13.9. The van der Waals surface area contributed by atoms with E-state index in [0.717, 1.165) is 0 Å². The van der Waals surface area contributed by atoms with E-state index >= 15 is 0 Å². The average Bonchev–Trinajstić information content (AvgIpc) is 3.13. The molecule has 0 amide bonds. The van der Waals surface area contributed by atoms with E-state index in [1.165, 1.54) is 42.9 Å². The first-order valence-corrected chi connectivity index (χ1v) is 9.31. The van der Waals surface area contributed by atoms with Gasteiger partial charge in [-0.3, -0.25) is 0 Å². The van der Waals surface area contributed by atoms with Gasteiger partial charge in [0, 0.05) is 26.4 Å². The first kappa shape index (κ1) is 14.6. The molecule has 5 rings (SSSR count). The summed E-state index contributed by atoms with van der Waals surface area (Å²) in [4.78, 5) is 1.30. The van der Waals surface area contributed by atoms with Gasteiger partial charge < -0.3 is 10.5 Å². The molecule has 4 heteroatoms. The van der Waals surface area contributed by atoms with Gasteiger partial charge in [-0.2, -0.15) is 0 Å². The van der Waals surface area contributed by atoms with Gasteiger partial charge in [-0.05, 0) is 36.1 Å². The summed E-state index contributed by atoms with van der Waals surface area (Å²) in [7, 11) is 0. The van der Waals surface area contributed by atoms with E-state index in [2.05, 4.69) is 90.2 Å². The van der Waals surface area contributed by atoms with Gasteiger partial charge in [-0.1, -0.05) is 60.2 Å². The predicted octanol–water partition coefficient (Wildman–Crippen LogP) is 5.11. The lowest BCUT2D eigenvalue weighted by molar-refractivity contribution is 1.48. The molecule has 0 fully saturated rings. The molecule has 1 aliphatic rings. The number of nitrogens with one attached hydrogen (secondary N) is 2. The smallest absolute Gasteiger partial charge is 0.404 e. The molecule has 0 spiro atoms. The van der Waals surface area contributed by atoms with Crippen molar-refractivity contribution in [2.45, 2.75) is 6.92 Å². The molecule has 4 aromatic rings. The van der Waals surface area contributed by atoms with Gasteiger partial charge in [0.15, 0.2) is 0 Å². The third-order valence-corrected chi connectivity index (χ3v) is 5.95. The summed E-state index contributed by atoms with van der Waals surface area (Å²) in [6.45, 7) is 2.22. The van der Waals surface area contributed by atoms with Crippen LogP contribution in [-0.4, -0.2) is 6.98 Å². The molecule has 120 valence electrons. The Morgan fingerprint density at radius 1 is 0.760 bits per heavy atom. The second-order valence-corrected chi connectivity index (χ2v) is 7.61. The zero-order chi connectivity index (χ0) is 16.8. The van der Waals surface area contributed by atoms with Gasteiger partial charge in [0.1, 0.15) is 0 Å². The Balaban J connectivity index is 1.50. The van der Waals surface area contributed by atoms with E-state index in [1.54, 1.807) is 0 Å². The van der Waals surface area contributed by atoms with Crippen molar-refractivity contribution in [3.8, 4) is 10.4 Å². The molecular formula is C21H17BN2S. The Hall–Kier alpha value is -2.72. The van der Waals surface area contributed by atoms with Crippen LogP contribution < -0.4 is 15.2 Å². The van der Waals surface area contributed by atoms with Gasteiger partial charge in [0.05, 0.1) is 0 Å². The van der Waals surface area contributed by atoms with E-state index in [9.17, 15) is 0 Å². The number of anilines is 2. The second kappa shape index (κ2) is 5.68. The molecule has 0 saturated carbocycles. The van der Waals surface area contributed by atoms with Crippen LogP contribution in [0.5, 0.6) is 0 Å². The van der Waals surface area contributed by atoms with Crippen molar-refractivity contribution in [3.63, 3.8) is 0 Å². The summed E-state index contributed by atoms with van der Waals surface area (Å²) in [5.74, 6) is 0. The molecule has 1 aromatic heterocycles. The van der Waals surface area contributed by atoms with Gasteiger partial charge in [0.25, 0.3) is 0 Å². The zero-order valence-corrected chi connectivity index (χ0v) is 14.7. The van der Waals surface area contributed by atoms with Crippen LogP contribution in [0.4, 0.5) is 11.4 Å². The van der Waals surface area contributed by atoms with Crippen molar-refractivity contribution in [2.75, 3.05) is 10.5 Å². The Kier molecular flexibility index (Phi) is 3.32. The first-order valence-electron chi connectivity index (χ1n) is 8.49. The Morgan fingerprint density at radius 3 is 2.12 bits per heavy atom. The normalized spacial score (nSPS) is 12.8. The summed E-state index contributed by atoms with van der Waals surface area (Å²) in [5.41, 5.74) is 4.96. The van der Waals surface area contributed by atoms with Gasteiger partial charge in [-0.15, -0.1) is 11.3 Å². The summed E-state index contributed by atoms with van der Waals surface area (Å²) in [5, 5.41) is 9.84. The molecule has 0 radical (unpaired) electrons. The molecule has 2 nitrogen and oxygen atoms in total. The monoisotopic (exact) mass is 340 g/mol. The average molecular weight is 340 g/mol. The van der Waals surface area contributed by atoms with Crippen LogP contribution in [0.2, 0.25) is 0 Å². The summed E-state index contributed by atoms with van der Waals surface area (Å²) in [6.07, 6.45) is 0. The number of thiophene rings is 1. The third-order valence-electron chi connectivity index (χ3n) is 4.75. The highest BCUT2D eigenvalue weighted by Gasteiger charge is 2.26. The Morgan fingerprint density at radius 2 is 1.44 bits per heavy atom. The standard InChI is InChI=1S/C21H17BN2S/c1-14-8-10-15(11-9-14)19-12-13-20(25-19)22-23-17-6-2-4-16-5-3-7-18(24-22)21(16)17/h2-13,23-24H,1H3. The predicted molar refractivity (Wildman–Crippen MR) is 111 cm³/mol. The first-order chi connectivity index (χ1) is 12.3. The molecule has 25 heavy (non-hydrogen) atoms. The van der Waals surface area contributed by atoms with Crippen LogP contribution in [0.25, 0.3) is 21.2 Å². The van der Waals surface area contributed by atoms with Crippen molar-refractivity contribution in [3.05, 3.63) is 78.4 Å². The number of hydrogen-bond acceptors (Lipinski definition) is 3. The highest BCUT2D eigenvalue weighted by atomic mass is 32.1. The van der Waals surface area contributed by atoms with Gasteiger partial charge in [-0.25, -0.2) is 0 Å². The van der Waals surface area contributed by atoms with Crippen molar-refractivity contribution in [1.29, 1.82) is 0 Å². The quantitative estimate of drug-likeness (QED) is 0.496. The minimum absolute atomic E-state index is 0.102. The fourth-order valence-electron chi connectivity index (χ4n) is 3.45. The second-order valence-electron chi connectivity index (χ2n) is 6.50. The Labute approximate surface area is 151 Å². The minimum atomic E-state index is 0.102. The number of hydrogen-bond donors (Lipinski definition) is 2. The van der Waals surface area contributed by atoms with Crippen molar-refractivity contribution in [1.82, 2.24) is 0 Å². The topological polar surface area (TPSA) is 24.1 Å². The van der Waals surface area contributed by atoms with Crippen LogP contribution in [0, 0.1) is 6.92 Å². The number of rotatable bonds is 2. The fourth-order valence-corrected chi connectivity index (χ4v) is 4.47. The summed E-state index contributed by atoms with van der Waals surface area (Å²) < 4.78 is 1.29. The van der Waals surface area contributed by atoms with E-state index < -0.39 is 0 Å². The highest BCUT2D eigenvalue weighted by Crippen LogP contribution is 2.34. The van der Waals surface area contributed by atoms with Crippen LogP contribution in [-0.2, 0) is 0 Å². The lowest BCUT2D eigenvalue weighted by atomic mass is 9.72. The molecule has 0 bridgehead atoms. The molecule has 2 N–H and O–H groups in total. The molecule has 1 aliphatic heterocycles. The largest absolute Gasteiger partial charge is 0.416 e. The maximum Gasteiger partial charge on any atom is 0.416 e. The lowest BCUT2D eigenvalue weighted by Gasteiger charge is -2.25. The van der Waals surface area contributed by atoms with Crippen LogP contribution in [0.3, 0.4) is 0 Å². The number of benzene rings is 3. The lowest BCUT2D eigenvalue weighted by Crippen LogP contribution is -2.46. The van der Waals surface area contributed by atoms with Crippen LogP contribution in [0.1, 0.15) is 5.56 Å². The molecule has 0 unspecified atom stereocenters. The molecule has 0 aliphatic carbocycles. The summed E-state index contributed by atoms with van der Waals surface area (Å²) >= 11 is 1.84. The number of aryl methyl sites for hydroxylation is 1. The SMILES string of the molecule is Cc1ccc(-c2ccc(B3Nc4cccc5cccc(c45)N3)s2)cc1. The van der Waals surface area contributed by atoms with E-state index in [4.69, 9.17) is 0 Å². The molecule has 0 atom stereocenters. The molecule has 3 aromatic carbocycles. The minimum Gasteiger partial charge on any atom is -0.404 e.